The van der Waals surface area contributed by atoms with Crippen LogP contribution in [0.25, 0.3) is 11.4 Å². The molecule has 0 aliphatic carbocycles. The van der Waals surface area contributed by atoms with Crippen molar-refractivity contribution in [2.45, 2.75) is 12.3 Å². The molecule has 4 rings (SSSR count). The van der Waals surface area contributed by atoms with Gasteiger partial charge in [-0.3, -0.25) is 9.78 Å². The zero-order chi connectivity index (χ0) is 15.6. The van der Waals surface area contributed by atoms with E-state index in [4.69, 9.17) is 4.52 Å². The Kier molecular flexibility index (Phi) is 3.63. The fourth-order valence-corrected chi connectivity index (χ4v) is 3.41. The van der Waals surface area contributed by atoms with Gasteiger partial charge in [-0.2, -0.15) is 4.98 Å². The highest BCUT2D eigenvalue weighted by atomic mass is 32.1. The first-order chi connectivity index (χ1) is 11.3. The number of hydrogen-bond acceptors (Lipinski definition) is 6. The van der Waals surface area contributed by atoms with Crippen molar-refractivity contribution in [1.29, 1.82) is 0 Å². The van der Waals surface area contributed by atoms with Crippen molar-refractivity contribution in [3.63, 3.8) is 0 Å². The molecule has 23 heavy (non-hydrogen) atoms. The van der Waals surface area contributed by atoms with E-state index in [-0.39, 0.29) is 11.8 Å². The lowest BCUT2D eigenvalue weighted by atomic mass is 10.1. The van der Waals surface area contributed by atoms with E-state index in [1.807, 2.05) is 34.5 Å². The van der Waals surface area contributed by atoms with Crippen molar-refractivity contribution in [3.05, 3.63) is 52.8 Å². The second-order valence-corrected chi connectivity index (χ2v) is 6.35. The van der Waals surface area contributed by atoms with E-state index >= 15 is 0 Å². The molecular weight excluding hydrogens is 312 g/mol. The van der Waals surface area contributed by atoms with E-state index < -0.39 is 0 Å². The number of carbonyl (C=O) groups is 1. The van der Waals surface area contributed by atoms with Crippen molar-refractivity contribution >= 4 is 17.2 Å². The van der Waals surface area contributed by atoms with Crippen LogP contribution < -0.4 is 0 Å². The average Bonchev–Trinajstić information content (AvgIpc) is 3.35. The fraction of sp³-hybridized carbons (Fsp3) is 0.250. The maximum Gasteiger partial charge on any atom is 0.263 e. The number of thiophene rings is 1. The Labute approximate surface area is 136 Å². The first kappa shape index (κ1) is 14.1. The Bertz CT molecular complexity index is 801. The van der Waals surface area contributed by atoms with Gasteiger partial charge in [0.25, 0.3) is 5.91 Å². The molecule has 7 heteroatoms. The van der Waals surface area contributed by atoms with E-state index in [2.05, 4.69) is 15.1 Å². The predicted molar refractivity (Wildman–Crippen MR) is 85.1 cm³/mol. The van der Waals surface area contributed by atoms with Gasteiger partial charge >= 0.3 is 0 Å². The third kappa shape index (κ3) is 2.75. The van der Waals surface area contributed by atoms with E-state index in [1.54, 1.807) is 12.4 Å². The van der Waals surface area contributed by atoms with Gasteiger partial charge in [0.1, 0.15) is 0 Å². The molecule has 1 aliphatic rings. The van der Waals surface area contributed by atoms with Gasteiger partial charge in [0, 0.05) is 31.0 Å². The van der Waals surface area contributed by atoms with Crippen LogP contribution in [0.3, 0.4) is 0 Å². The number of amides is 1. The lowest BCUT2D eigenvalue weighted by molar-refractivity contribution is 0.0794. The van der Waals surface area contributed by atoms with Crippen LogP contribution in [0, 0.1) is 0 Å². The normalized spacial score (nSPS) is 17.6. The van der Waals surface area contributed by atoms with Crippen molar-refractivity contribution in [3.8, 4) is 11.4 Å². The molecule has 1 atom stereocenters. The van der Waals surface area contributed by atoms with Crippen LogP contribution in [0.4, 0.5) is 0 Å². The van der Waals surface area contributed by atoms with Crippen LogP contribution in [0.2, 0.25) is 0 Å². The maximum absolute atomic E-state index is 12.4. The SMILES string of the molecule is O=C(c1cccs1)N1CCC(c2nc(-c3ccncc3)no2)C1. The van der Waals surface area contributed by atoms with Crippen LogP contribution in [0.1, 0.15) is 27.9 Å². The molecule has 0 N–H and O–H groups in total. The van der Waals surface area contributed by atoms with Gasteiger partial charge in [0.15, 0.2) is 0 Å². The van der Waals surface area contributed by atoms with Gasteiger partial charge in [-0.05, 0) is 30.0 Å². The van der Waals surface area contributed by atoms with Crippen LogP contribution in [0.5, 0.6) is 0 Å². The first-order valence-electron chi connectivity index (χ1n) is 7.38. The minimum atomic E-state index is 0.0800. The number of hydrogen-bond donors (Lipinski definition) is 0. The van der Waals surface area contributed by atoms with E-state index in [0.29, 0.717) is 24.8 Å². The largest absolute Gasteiger partial charge is 0.339 e. The van der Waals surface area contributed by atoms with E-state index in [9.17, 15) is 4.79 Å². The van der Waals surface area contributed by atoms with Crippen molar-refractivity contribution in [1.82, 2.24) is 20.0 Å². The monoisotopic (exact) mass is 326 g/mol. The van der Waals surface area contributed by atoms with Crippen LogP contribution in [-0.4, -0.2) is 39.0 Å². The van der Waals surface area contributed by atoms with Crippen LogP contribution in [-0.2, 0) is 0 Å². The molecule has 3 aromatic heterocycles. The molecule has 0 radical (unpaired) electrons. The summed E-state index contributed by atoms with van der Waals surface area (Å²) < 4.78 is 5.40. The number of pyridine rings is 1. The third-order valence-corrected chi connectivity index (χ3v) is 4.79. The molecule has 0 aromatic carbocycles. The molecule has 1 aliphatic heterocycles. The summed E-state index contributed by atoms with van der Waals surface area (Å²) in [5.74, 6) is 1.34. The van der Waals surface area contributed by atoms with Gasteiger partial charge in [-0.25, -0.2) is 0 Å². The predicted octanol–water partition coefficient (Wildman–Crippen LogP) is 2.82. The summed E-state index contributed by atoms with van der Waals surface area (Å²) in [6, 6.07) is 7.44. The van der Waals surface area contributed by atoms with Crippen molar-refractivity contribution < 1.29 is 9.32 Å². The Hall–Kier alpha value is -2.54. The lowest BCUT2D eigenvalue weighted by Gasteiger charge is -2.14. The minimum absolute atomic E-state index is 0.0800. The molecule has 1 amide bonds. The summed E-state index contributed by atoms with van der Waals surface area (Å²) in [5, 5.41) is 5.95. The van der Waals surface area contributed by atoms with Gasteiger partial charge < -0.3 is 9.42 Å². The van der Waals surface area contributed by atoms with E-state index in [0.717, 1.165) is 16.9 Å². The molecule has 0 saturated carbocycles. The Morgan fingerprint density at radius 3 is 2.96 bits per heavy atom. The smallest absolute Gasteiger partial charge is 0.263 e. The number of aromatic nitrogens is 3. The zero-order valence-corrected chi connectivity index (χ0v) is 13.1. The summed E-state index contributed by atoms with van der Waals surface area (Å²) in [7, 11) is 0. The Balaban J connectivity index is 1.48. The fourth-order valence-electron chi connectivity index (χ4n) is 2.72. The molecule has 0 spiro atoms. The van der Waals surface area contributed by atoms with E-state index in [1.165, 1.54) is 11.3 Å². The molecule has 1 unspecified atom stereocenters. The second-order valence-electron chi connectivity index (χ2n) is 5.41. The molecular formula is C16H14N4O2S. The molecule has 116 valence electrons. The van der Waals surface area contributed by atoms with Gasteiger partial charge in [0.2, 0.25) is 11.7 Å². The highest BCUT2D eigenvalue weighted by Crippen LogP contribution is 2.29. The molecule has 3 aromatic rings. The Morgan fingerprint density at radius 2 is 2.17 bits per heavy atom. The van der Waals surface area contributed by atoms with Crippen LogP contribution in [0.15, 0.2) is 46.6 Å². The zero-order valence-electron chi connectivity index (χ0n) is 12.3. The number of nitrogens with zero attached hydrogens (tertiary/aromatic N) is 4. The number of likely N-dealkylation sites (tertiary alicyclic amines) is 1. The van der Waals surface area contributed by atoms with Gasteiger partial charge in [-0.15, -0.1) is 11.3 Å². The molecule has 6 nitrogen and oxygen atoms in total. The van der Waals surface area contributed by atoms with Crippen molar-refractivity contribution in [2.24, 2.45) is 0 Å². The quantitative estimate of drug-likeness (QED) is 0.740. The second kappa shape index (κ2) is 5.92. The molecule has 0 bridgehead atoms. The van der Waals surface area contributed by atoms with Crippen molar-refractivity contribution in [2.75, 3.05) is 13.1 Å². The summed E-state index contributed by atoms with van der Waals surface area (Å²) >= 11 is 1.47. The lowest BCUT2D eigenvalue weighted by Crippen LogP contribution is -2.27. The third-order valence-electron chi connectivity index (χ3n) is 3.94. The highest BCUT2D eigenvalue weighted by molar-refractivity contribution is 7.12. The topological polar surface area (TPSA) is 72.1 Å². The van der Waals surface area contributed by atoms with Crippen LogP contribution >= 0.6 is 11.3 Å². The first-order valence-corrected chi connectivity index (χ1v) is 8.26. The molecule has 4 heterocycles. The minimum Gasteiger partial charge on any atom is -0.339 e. The average molecular weight is 326 g/mol. The van der Waals surface area contributed by atoms with Gasteiger partial charge in [-0.1, -0.05) is 11.2 Å². The summed E-state index contributed by atoms with van der Waals surface area (Å²) in [4.78, 5) is 23.5. The summed E-state index contributed by atoms with van der Waals surface area (Å²) in [6.07, 6.45) is 4.24. The summed E-state index contributed by atoms with van der Waals surface area (Å²) in [6.45, 7) is 1.34. The standard InChI is InChI=1S/C16H14N4O2S/c21-16(13-2-1-9-23-13)20-8-5-12(10-20)15-18-14(19-22-15)11-3-6-17-7-4-11/h1-4,6-7,9,12H,5,8,10H2. The molecule has 1 saturated heterocycles. The maximum atomic E-state index is 12.4. The van der Waals surface area contributed by atoms with Gasteiger partial charge in [0.05, 0.1) is 10.8 Å². The Morgan fingerprint density at radius 1 is 1.30 bits per heavy atom. The summed E-state index contributed by atoms with van der Waals surface area (Å²) in [5.41, 5.74) is 0.875. The number of carbonyl (C=O) groups excluding carboxylic acids is 1. The number of rotatable bonds is 3. The highest BCUT2D eigenvalue weighted by Gasteiger charge is 2.31. The molecule has 1 fully saturated rings.